The summed E-state index contributed by atoms with van der Waals surface area (Å²) in [6, 6.07) is 5.41. The molecular formula is C14H13Cl2NO2S. The lowest BCUT2D eigenvalue weighted by Crippen LogP contribution is -2.41. The van der Waals surface area contributed by atoms with E-state index in [2.05, 4.69) is 0 Å². The summed E-state index contributed by atoms with van der Waals surface area (Å²) in [6.45, 7) is 1.05. The van der Waals surface area contributed by atoms with E-state index in [-0.39, 0.29) is 5.91 Å². The van der Waals surface area contributed by atoms with Crippen molar-refractivity contribution in [2.24, 2.45) is 0 Å². The second kappa shape index (κ2) is 5.53. The molecule has 0 bridgehead atoms. The van der Waals surface area contributed by atoms with Crippen molar-refractivity contribution < 1.29 is 9.90 Å². The van der Waals surface area contributed by atoms with Crippen LogP contribution < -0.4 is 0 Å². The first-order valence-electron chi connectivity index (χ1n) is 6.41. The number of piperidine rings is 1. The second-order valence-corrected chi connectivity index (χ2v) is 6.80. The number of aliphatic hydroxyl groups excluding tert-OH is 1. The highest BCUT2D eigenvalue weighted by Crippen LogP contribution is 2.37. The van der Waals surface area contributed by atoms with Gasteiger partial charge in [0.25, 0.3) is 5.91 Å². The SMILES string of the molecule is O=C(c1sc2cc(Cl)ccc2c1Cl)N1CCC[C@H](O)C1. The van der Waals surface area contributed by atoms with Gasteiger partial charge in [0.05, 0.1) is 11.1 Å². The monoisotopic (exact) mass is 329 g/mol. The Morgan fingerprint density at radius 3 is 2.95 bits per heavy atom. The van der Waals surface area contributed by atoms with Crippen molar-refractivity contribution in [1.82, 2.24) is 4.90 Å². The molecule has 1 aromatic heterocycles. The lowest BCUT2D eigenvalue weighted by atomic mass is 10.1. The van der Waals surface area contributed by atoms with Gasteiger partial charge in [-0.3, -0.25) is 4.79 Å². The van der Waals surface area contributed by atoms with E-state index in [4.69, 9.17) is 23.2 Å². The topological polar surface area (TPSA) is 40.5 Å². The molecule has 3 rings (SSSR count). The van der Waals surface area contributed by atoms with E-state index in [0.717, 1.165) is 22.9 Å². The highest BCUT2D eigenvalue weighted by molar-refractivity contribution is 7.21. The molecule has 2 heterocycles. The fraction of sp³-hybridized carbons (Fsp3) is 0.357. The Morgan fingerprint density at radius 1 is 1.40 bits per heavy atom. The lowest BCUT2D eigenvalue weighted by Gasteiger charge is -2.29. The summed E-state index contributed by atoms with van der Waals surface area (Å²) < 4.78 is 0.906. The van der Waals surface area contributed by atoms with Crippen LogP contribution in [0.25, 0.3) is 10.1 Å². The number of fused-ring (bicyclic) bond motifs is 1. The van der Waals surface area contributed by atoms with Crippen LogP contribution in [0.3, 0.4) is 0 Å². The van der Waals surface area contributed by atoms with Crippen LogP contribution >= 0.6 is 34.5 Å². The van der Waals surface area contributed by atoms with E-state index in [1.54, 1.807) is 11.0 Å². The summed E-state index contributed by atoms with van der Waals surface area (Å²) in [5.74, 6) is -0.105. The first-order chi connectivity index (χ1) is 9.56. The Balaban J connectivity index is 1.97. The maximum atomic E-state index is 12.5. The maximum absolute atomic E-state index is 12.5. The third-order valence-corrected chi connectivity index (χ3v) is 5.35. The molecule has 20 heavy (non-hydrogen) atoms. The third kappa shape index (κ3) is 2.53. The van der Waals surface area contributed by atoms with Crippen molar-refractivity contribution in [3.05, 3.63) is 33.1 Å². The van der Waals surface area contributed by atoms with Gasteiger partial charge in [-0.1, -0.05) is 29.3 Å². The molecule has 1 atom stereocenters. The molecule has 1 saturated heterocycles. The number of halogens is 2. The third-order valence-electron chi connectivity index (χ3n) is 3.47. The number of nitrogens with zero attached hydrogens (tertiary/aromatic N) is 1. The Labute approximate surface area is 130 Å². The molecule has 0 radical (unpaired) electrons. The van der Waals surface area contributed by atoms with Gasteiger partial charge in [0.15, 0.2) is 0 Å². The molecule has 1 aromatic carbocycles. The molecule has 1 amide bonds. The predicted molar refractivity (Wildman–Crippen MR) is 83.0 cm³/mol. The molecule has 0 aliphatic carbocycles. The zero-order valence-electron chi connectivity index (χ0n) is 10.6. The molecule has 1 N–H and O–H groups in total. The number of β-amino-alcohol motifs (C(OH)–C–C–N with tert-alkyl or cyclic N) is 1. The largest absolute Gasteiger partial charge is 0.391 e. The summed E-state index contributed by atoms with van der Waals surface area (Å²) in [5, 5.41) is 11.6. The fourth-order valence-electron chi connectivity index (χ4n) is 2.46. The molecule has 0 spiro atoms. The number of hydrogen-bond acceptors (Lipinski definition) is 3. The van der Waals surface area contributed by atoms with Gasteiger partial charge in [0.1, 0.15) is 4.88 Å². The van der Waals surface area contributed by atoms with Gasteiger partial charge in [-0.05, 0) is 25.0 Å². The van der Waals surface area contributed by atoms with E-state index in [1.807, 2.05) is 12.1 Å². The molecule has 3 nitrogen and oxygen atoms in total. The predicted octanol–water partition coefficient (Wildman–Crippen LogP) is 3.81. The van der Waals surface area contributed by atoms with Gasteiger partial charge in [-0.15, -0.1) is 11.3 Å². The maximum Gasteiger partial charge on any atom is 0.265 e. The van der Waals surface area contributed by atoms with Crippen molar-refractivity contribution >= 4 is 50.5 Å². The number of thiophene rings is 1. The minimum atomic E-state index is -0.435. The van der Waals surface area contributed by atoms with Crippen molar-refractivity contribution in [3.63, 3.8) is 0 Å². The fourth-order valence-corrected chi connectivity index (χ4v) is 4.22. The molecule has 0 saturated carbocycles. The Kier molecular flexibility index (Phi) is 3.91. The van der Waals surface area contributed by atoms with E-state index in [0.29, 0.717) is 28.0 Å². The van der Waals surface area contributed by atoms with Crippen LogP contribution in [-0.4, -0.2) is 35.1 Å². The average molecular weight is 330 g/mol. The molecule has 1 fully saturated rings. The minimum Gasteiger partial charge on any atom is -0.391 e. The first-order valence-corrected chi connectivity index (χ1v) is 7.98. The number of aliphatic hydroxyl groups is 1. The number of carbonyl (C=O) groups excluding carboxylic acids is 1. The number of hydrogen-bond donors (Lipinski definition) is 1. The number of amides is 1. The minimum absolute atomic E-state index is 0.105. The Morgan fingerprint density at radius 2 is 2.20 bits per heavy atom. The zero-order valence-corrected chi connectivity index (χ0v) is 12.9. The quantitative estimate of drug-likeness (QED) is 0.864. The molecule has 6 heteroatoms. The molecule has 1 aliphatic rings. The second-order valence-electron chi connectivity index (χ2n) is 4.93. The zero-order chi connectivity index (χ0) is 14.3. The smallest absolute Gasteiger partial charge is 0.265 e. The van der Waals surface area contributed by atoms with Gasteiger partial charge in [-0.2, -0.15) is 0 Å². The Hall–Kier alpha value is -0.810. The Bertz CT molecular complexity index is 670. The molecule has 0 unspecified atom stereocenters. The van der Waals surface area contributed by atoms with Crippen LogP contribution in [0.5, 0.6) is 0 Å². The number of likely N-dealkylation sites (tertiary alicyclic amines) is 1. The van der Waals surface area contributed by atoms with Gasteiger partial charge in [-0.25, -0.2) is 0 Å². The van der Waals surface area contributed by atoms with Crippen LogP contribution in [-0.2, 0) is 0 Å². The highest BCUT2D eigenvalue weighted by atomic mass is 35.5. The van der Waals surface area contributed by atoms with Crippen LogP contribution in [0, 0.1) is 0 Å². The summed E-state index contributed by atoms with van der Waals surface area (Å²) in [4.78, 5) is 14.7. The molecule has 2 aromatic rings. The summed E-state index contributed by atoms with van der Waals surface area (Å²) in [5.41, 5.74) is 0. The van der Waals surface area contributed by atoms with E-state index < -0.39 is 6.10 Å². The summed E-state index contributed by atoms with van der Waals surface area (Å²) in [6.07, 6.45) is 1.14. The van der Waals surface area contributed by atoms with Crippen molar-refractivity contribution in [1.29, 1.82) is 0 Å². The van der Waals surface area contributed by atoms with Gasteiger partial charge in [0, 0.05) is 28.2 Å². The van der Waals surface area contributed by atoms with Crippen molar-refractivity contribution in [2.75, 3.05) is 13.1 Å². The lowest BCUT2D eigenvalue weighted by molar-refractivity contribution is 0.0478. The average Bonchev–Trinajstić information content (AvgIpc) is 2.74. The van der Waals surface area contributed by atoms with Crippen molar-refractivity contribution in [2.45, 2.75) is 18.9 Å². The molecular weight excluding hydrogens is 317 g/mol. The first kappa shape index (κ1) is 14.1. The van der Waals surface area contributed by atoms with Crippen molar-refractivity contribution in [3.8, 4) is 0 Å². The molecule has 106 valence electrons. The van der Waals surface area contributed by atoms with Crippen LogP contribution in [0.1, 0.15) is 22.5 Å². The van der Waals surface area contributed by atoms with Gasteiger partial charge < -0.3 is 10.0 Å². The van der Waals surface area contributed by atoms with E-state index in [9.17, 15) is 9.90 Å². The number of carbonyl (C=O) groups is 1. The van der Waals surface area contributed by atoms with E-state index in [1.165, 1.54) is 11.3 Å². The van der Waals surface area contributed by atoms with E-state index >= 15 is 0 Å². The number of rotatable bonds is 1. The van der Waals surface area contributed by atoms with Gasteiger partial charge >= 0.3 is 0 Å². The van der Waals surface area contributed by atoms with Crippen LogP contribution in [0.15, 0.2) is 18.2 Å². The van der Waals surface area contributed by atoms with Gasteiger partial charge in [0.2, 0.25) is 0 Å². The summed E-state index contributed by atoms with van der Waals surface area (Å²) in [7, 11) is 0. The highest BCUT2D eigenvalue weighted by Gasteiger charge is 2.26. The van der Waals surface area contributed by atoms with Crippen LogP contribution in [0.2, 0.25) is 10.0 Å². The normalized spacial score (nSPS) is 19.6. The number of benzene rings is 1. The van der Waals surface area contributed by atoms with Crippen LogP contribution in [0.4, 0.5) is 0 Å². The summed E-state index contributed by atoms with van der Waals surface area (Å²) >= 11 is 13.6. The molecule has 1 aliphatic heterocycles. The standard InChI is InChI=1S/C14H13Cl2NO2S/c15-8-3-4-10-11(6-8)20-13(12(10)16)14(19)17-5-1-2-9(18)7-17/h3-4,6,9,18H,1-2,5,7H2/t9-/m0/s1.